The monoisotopic (exact) mass is 358 g/mol. The summed E-state index contributed by atoms with van der Waals surface area (Å²) in [7, 11) is 0. The van der Waals surface area contributed by atoms with Crippen LogP contribution in [0.15, 0.2) is 6.20 Å². The number of aromatic amines is 1. The van der Waals surface area contributed by atoms with Crippen molar-refractivity contribution < 1.29 is 4.79 Å². The van der Waals surface area contributed by atoms with Crippen molar-refractivity contribution in [1.29, 1.82) is 0 Å². The lowest BCUT2D eigenvalue weighted by atomic mass is 10.2. The van der Waals surface area contributed by atoms with Gasteiger partial charge in [0.2, 0.25) is 0 Å². The van der Waals surface area contributed by atoms with Gasteiger partial charge in [-0.05, 0) is 19.3 Å². The highest BCUT2D eigenvalue weighted by Crippen LogP contribution is 2.24. The van der Waals surface area contributed by atoms with Crippen molar-refractivity contribution in [3.05, 3.63) is 23.5 Å². The number of nitrogens with zero attached hydrogens (tertiary/aromatic N) is 6. The molecule has 4 rings (SSSR count). The second-order valence-corrected chi connectivity index (χ2v) is 7.15. The number of H-pyrrole nitrogens is 1. The fourth-order valence-electron chi connectivity index (χ4n) is 4.01. The average molecular weight is 358 g/mol. The first-order chi connectivity index (χ1) is 12.8. The molecule has 9 nitrogen and oxygen atoms in total. The van der Waals surface area contributed by atoms with Crippen LogP contribution in [0.2, 0.25) is 0 Å². The van der Waals surface area contributed by atoms with Crippen molar-refractivity contribution >= 4 is 5.91 Å². The summed E-state index contributed by atoms with van der Waals surface area (Å²) in [6.07, 6.45) is 9.68. The van der Waals surface area contributed by atoms with E-state index >= 15 is 0 Å². The molecule has 0 bridgehead atoms. The summed E-state index contributed by atoms with van der Waals surface area (Å²) in [5, 5.41) is 16.7. The molecule has 2 aliphatic rings. The third-order valence-corrected chi connectivity index (χ3v) is 5.44. The molecule has 2 aromatic rings. The van der Waals surface area contributed by atoms with Gasteiger partial charge in [0.15, 0.2) is 5.82 Å². The van der Waals surface area contributed by atoms with Crippen LogP contribution in [0.1, 0.15) is 54.2 Å². The number of tetrazole rings is 1. The Kier molecular flexibility index (Phi) is 5.24. The highest BCUT2D eigenvalue weighted by Gasteiger charge is 2.25. The van der Waals surface area contributed by atoms with Gasteiger partial charge in [-0.2, -0.15) is 5.21 Å². The highest BCUT2D eigenvalue weighted by molar-refractivity contribution is 5.92. The first-order valence-electron chi connectivity index (χ1n) is 9.60. The Balaban J connectivity index is 1.27. The molecule has 0 aromatic carbocycles. The van der Waals surface area contributed by atoms with Gasteiger partial charge in [0, 0.05) is 51.3 Å². The van der Waals surface area contributed by atoms with E-state index in [4.69, 9.17) is 0 Å². The summed E-state index contributed by atoms with van der Waals surface area (Å²) < 4.78 is 2.16. The number of amides is 1. The molecule has 0 spiro atoms. The molecule has 1 amide bonds. The van der Waals surface area contributed by atoms with Crippen molar-refractivity contribution in [1.82, 2.24) is 40.4 Å². The molecule has 0 saturated heterocycles. The van der Waals surface area contributed by atoms with Gasteiger partial charge in [-0.25, -0.2) is 4.98 Å². The Morgan fingerprint density at radius 2 is 2.15 bits per heavy atom. The number of rotatable bonds is 6. The van der Waals surface area contributed by atoms with Crippen LogP contribution in [0.3, 0.4) is 0 Å². The maximum atomic E-state index is 12.3. The number of hydrogen-bond acceptors (Lipinski definition) is 6. The van der Waals surface area contributed by atoms with Crippen LogP contribution in [0.25, 0.3) is 0 Å². The molecule has 1 fully saturated rings. The lowest BCUT2D eigenvalue weighted by Gasteiger charge is -2.26. The van der Waals surface area contributed by atoms with Gasteiger partial charge in [0.05, 0.1) is 0 Å². The van der Waals surface area contributed by atoms with E-state index in [1.165, 1.54) is 25.7 Å². The third kappa shape index (κ3) is 3.92. The summed E-state index contributed by atoms with van der Waals surface area (Å²) >= 11 is 0. The van der Waals surface area contributed by atoms with Gasteiger partial charge in [0.25, 0.3) is 5.91 Å². The first-order valence-corrected chi connectivity index (χ1v) is 9.60. The fourth-order valence-corrected chi connectivity index (χ4v) is 4.01. The average Bonchev–Trinajstić information content (AvgIpc) is 3.40. The highest BCUT2D eigenvalue weighted by atomic mass is 16.1. The molecule has 0 atom stereocenters. The molecule has 1 aliphatic carbocycles. The number of carbonyl (C=O) groups is 1. The smallest absolute Gasteiger partial charge is 0.271 e. The quantitative estimate of drug-likeness (QED) is 0.731. The Morgan fingerprint density at radius 3 is 2.96 bits per heavy atom. The Labute approximate surface area is 152 Å². The molecule has 140 valence electrons. The number of hydrogen-bond donors (Lipinski definition) is 2. The van der Waals surface area contributed by atoms with Gasteiger partial charge < -0.3 is 9.88 Å². The van der Waals surface area contributed by atoms with Crippen LogP contribution in [0.5, 0.6) is 0 Å². The van der Waals surface area contributed by atoms with Gasteiger partial charge in [-0.1, -0.05) is 18.1 Å². The predicted octanol–water partition coefficient (Wildman–Crippen LogP) is 0.559. The van der Waals surface area contributed by atoms with Crippen molar-refractivity contribution in [3.63, 3.8) is 0 Å². The summed E-state index contributed by atoms with van der Waals surface area (Å²) in [6.45, 7) is 3.60. The van der Waals surface area contributed by atoms with Crippen molar-refractivity contribution in [2.24, 2.45) is 0 Å². The van der Waals surface area contributed by atoms with Crippen LogP contribution in [-0.4, -0.2) is 66.7 Å². The maximum Gasteiger partial charge on any atom is 0.271 e. The Morgan fingerprint density at radius 1 is 1.27 bits per heavy atom. The molecular weight excluding hydrogens is 332 g/mol. The minimum atomic E-state index is -0.105. The van der Waals surface area contributed by atoms with E-state index in [1.807, 2.05) is 6.20 Å². The van der Waals surface area contributed by atoms with Gasteiger partial charge in [0.1, 0.15) is 11.5 Å². The second-order valence-electron chi connectivity index (χ2n) is 7.15. The Hall–Kier alpha value is -2.29. The fraction of sp³-hybridized carbons (Fsp3) is 0.706. The molecule has 2 aromatic heterocycles. The number of aromatic nitrogens is 6. The Bertz CT molecular complexity index is 694. The minimum Gasteiger partial charge on any atom is -0.351 e. The zero-order valence-electron chi connectivity index (χ0n) is 15.0. The first kappa shape index (κ1) is 17.1. The lowest BCUT2D eigenvalue weighted by Crippen LogP contribution is -2.35. The van der Waals surface area contributed by atoms with Gasteiger partial charge in [-0.15, -0.1) is 10.2 Å². The SMILES string of the molecule is O=C(NCCCc1nn[nH]n1)c1cn2c(n1)CCN(C1CCCC1)CC2. The van der Waals surface area contributed by atoms with Crippen molar-refractivity contribution in [2.45, 2.75) is 57.5 Å². The number of nitrogens with one attached hydrogen (secondary N) is 2. The van der Waals surface area contributed by atoms with E-state index < -0.39 is 0 Å². The normalized spacial score (nSPS) is 18.6. The zero-order chi connectivity index (χ0) is 17.8. The molecule has 2 N–H and O–H groups in total. The van der Waals surface area contributed by atoms with Crippen LogP contribution >= 0.6 is 0 Å². The molecule has 9 heteroatoms. The van der Waals surface area contributed by atoms with Crippen LogP contribution < -0.4 is 5.32 Å². The van der Waals surface area contributed by atoms with Crippen LogP contribution in [0.4, 0.5) is 0 Å². The number of aryl methyl sites for hydroxylation is 1. The molecule has 0 unspecified atom stereocenters. The summed E-state index contributed by atoms with van der Waals surface area (Å²) in [5.41, 5.74) is 0.522. The molecule has 1 aliphatic heterocycles. The predicted molar refractivity (Wildman–Crippen MR) is 94.6 cm³/mol. The summed E-state index contributed by atoms with van der Waals surface area (Å²) in [4.78, 5) is 19.5. The molecule has 0 radical (unpaired) electrons. The topological polar surface area (TPSA) is 105 Å². The zero-order valence-corrected chi connectivity index (χ0v) is 15.0. The number of fused-ring (bicyclic) bond motifs is 1. The molecule has 3 heterocycles. The van der Waals surface area contributed by atoms with E-state index in [0.29, 0.717) is 24.5 Å². The maximum absolute atomic E-state index is 12.3. The van der Waals surface area contributed by atoms with Crippen molar-refractivity contribution in [3.8, 4) is 0 Å². The van der Waals surface area contributed by atoms with Gasteiger partial charge >= 0.3 is 0 Å². The van der Waals surface area contributed by atoms with E-state index in [2.05, 4.69) is 40.4 Å². The largest absolute Gasteiger partial charge is 0.351 e. The summed E-state index contributed by atoms with van der Waals surface area (Å²) in [6, 6.07) is 0.751. The van der Waals surface area contributed by atoms with E-state index in [9.17, 15) is 4.79 Å². The van der Waals surface area contributed by atoms with Crippen LogP contribution in [0, 0.1) is 0 Å². The van der Waals surface area contributed by atoms with Gasteiger partial charge in [-0.3, -0.25) is 9.69 Å². The van der Waals surface area contributed by atoms with Crippen LogP contribution in [-0.2, 0) is 19.4 Å². The number of carbonyl (C=O) groups excluding carboxylic acids is 1. The standard InChI is InChI=1S/C17H26N8O/c26-17(18-8-3-6-15-20-22-23-21-15)14-12-25-11-10-24(9-7-16(25)19-14)13-4-1-2-5-13/h12-13H,1-11H2,(H,18,26)(H,20,21,22,23). The van der Waals surface area contributed by atoms with Crippen molar-refractivity contribution in [2.75, 3.05) is 19.6 Å². The second kappa shape index (κ2) is 7.94. The lowest BCUT2D eigenvalue weighted by molar-refractivity contribution is 0.0948. The number of imidazole rings is 1. The third-order valence-electron chi connectivity index (χ3n) is 5.44. The summed E-state index contributed by atoms with van der Waals surface area (Å²) in [5.74, 6) is 1.59. The molecule has 26 heavy (non-hydrogen) atoms. The molecule has 1 saturated carbocycles. The van der Waals surface area contributed by atoms with E-state index in [-0.39, 0.29) is 5.91 Å². The van der Waals surface area contributed by atoms with E-state index in [0.717, 1.165) is 44.3 Å². The minimum absolute atomic E-state index is 0.105. The molecular formula is C17H26N8O. The van der Waals surface area contributed by atoms with E-state index in [1.54, 1.807) is 0 Å².